The van der Waals surface area contributed by atoms with Gasteiger partial charge in [-0.3, -0.25) is 9.59 Å². The molecule has 2 amide bonds. The number of benzene rings is 1. The summed E-state index contributed by atoms with van der Waals surface area (Å²) in [5.41, 5.74) is 2.08. The summed E-state index contributed by atoms with van der Waals surface area (Å²) in [5, 5.41) is 6.39. The predicted molar refractivity (Wildman–Crippen MR) is 115 cm³/mol. The number of hydrogen-bond acceptors (Lipinski definition) is 3. The molecule has 1 saturated carbocycles. The molecule has 29 heavy (non-hydrogen) atoms. The van der Waals surface area contributed by atoms with Crippen molar-refractivity contribution < 1.29 is 9.59 Å². The second-order valence-corrected chi connectivity index (χ2v) is 9.31. The lowest BCUT2D eigenvalue weighted by Crippen LogP contribution is -2.51. The van der Waals surface area contributed by atoms with Crippen molar-refractivity contribution in [2.45, 2.75) is 69.7 Å². The summed E-state index contributed by atoms with van der Waals surface area (Å²) in [4.78, 5) is 28.2. The zero-order valence-corrected chi connectivity index (χ0v) is 17.7. The van der Waals surface area contributed by atoms with Crippen molar-refractivity contribution in [2.75, 3.05) is 26.2 Å². The Morgan fingerprint density at radius 2 is 2.00 bits per heavy atom. The van der Waals surface area contributed by atoms with E-state index in [-0.39, 0.29) is 17.4 Å². The molecule has 3 aliphatic rings. The van der Waals surface area contributed by atoms with E-state index in [1.165, 1.54) is 11.1 Å². The van der Waals surface area contributed by atoms with Crippen LogP contribution in [0.2, 0.25) is 0 Å². The highest BCUT2D eigenvalue weighted by atomic mass is 16.2. The molecule has 1 aliphatic carbocycles. The Balaban J connectivity index is 1.41. The van der Waals surface area contributed by atoms with Gasteiger partial charge in [-0.25, -0.2) is 0 Å². The molecule has 0 radical (unpaired) electrons. The summed E-state index contributed by atoms with van der Waals surface area (Å²) in [6.45, 7) is 5.34. The highest BCUT2D eigenvalue weighted by molar-refractivity contribution is 5.89. The molecule has 2 unspecified atom stereocenters. The van der Waals surface area contributed by atoms with E-state index in [4.69, 9.17) is 0 Å². The zero-order chi connectivity index (χ0) is 20.3. The second-order valence-electron chi connectivity index (χ2n) is 9.31. The number of nitrogens with one attached hydrogen (secondary N) is 2. The first-order chi connectivity index (χ1) is 14.1. The third-order valence-corrected chi connectivity index (χ3v) is 7.19. The third-order valence-electron chi connectivity index (χ3n) is 7.19. The number of piperidine rings is 1. The number of nitrogens with zero attached hydrogens (tertiary/aromatic N) is 1. The van der Waals surface area contributed by atoms with Crippen molar-refractivity contribution in [3.05, 3.63) is 35.4 Å². The van der Waals surface area contributed by atoms with Gasteiger partial charge in [-0.05, 0) is 63.5 Å². The molecule has 2 heterocycles. The second kappa shape index (κ2) is 8.86. The van der Waals surface area contributed by atoms with Crippen molar-refractivity contribution in [3.63, 3.8) is 0 Å². The van der Waals surface area contributed by atoms with Crippen LogP contribution in [0.1, 0.15) is 62.5 Å². The summed E-state index contributed by atoms with van der Waals surface area (Å²) in [6.07, 6.45) is 8.28. The number of rotatable bonds is 5. The first-order valence-electron chi connectivity index (χ1n) is 11.5. The molecule has 3 fully saturated rings. The van der Waals surface area contributed by atoms with Crippen LogP contribution in [0.15, 0.2) is 24.3 Å². The molecule has 4 rings (SSSR count). The Hall–Kier alpha value is -1.88. The number of hydrogen-bond donors (Lipinski definition) is 2. The van der Waals surface area contributed by atoms with Gasteiger partial charge in [-0.1, -0.05) is 42.7 Å². The Morgan fingerprint density at radius 1 is 1.17 bits per heavy atom. The Kier molecular flexibility index (Phi) is 6.23. The fourth-order valence-corrected chi connectivity index (χ4v) is 5.54. The lowest BCUT2D eigenvalue weighted by Gasteiger charge is -2.39. The van der Waals surface area contributed by atoms with E-state index >= 15 is 0 Å². The van der Waals surface area contributed by atoms with Gasteiger partial charge < -0.3 is 15.5 Å². The number of aryl methyl sites for hydroxylation is 1. The smallest absolute Gasteiger partial charge is 0.237 e. The lowest BCUT2D eigenvalue weighted by molar-refractivity contribution is -0.139. The maximum Gasteiger partial charge on any atom is 0.237 e. The van der Waals surface area contributed by atoms with Crippen LogP contribution in [0.3, 0.4) is 0 Å². The minimum absolute atomic E-state index is 0.0283. The van der Waals surface area contributed by atoms with Crippen LogP contribution < -0.4 is 10.6 Å². The van der Waals surface area contributed by atoms with E-state index < -0.39 is 0 Å². The van der Waals surface area contributed by atoms with Crippen LogP contribution >= 0.6 is 0 Å². The summed E-state index contributed by atoms with van der Waals surface area (Å²) >= 11 is 0. The van der Waals surface area contributed by atoms with E-state index in [0.29, 0.717) is 18.4 Å². The molecule has 2 N–H and O–H groups in total. The highest BCUT2D eigenvalue weighted by Gasteiger charge is 2.45. The molecule has 2 atom stereocenters. The van der Waals surface area contributed by atoms with Gasteiger partial charge in [-0.15, -0.1) is 0 Å². The molecule has 2 saturated heterocycles. The van der Waals surface area contributed by atoms with E-state index in [1.807, 2.05) is 0 Å². The van der Waals surface area contributed by atoms with E-state index in [9.17, 15) is 9.59 Å². The standard InChI is InChI=1S/C24H35N3O2/c1-18-7-4-9-20(15-18)24(11-2-3-12-24)23(29)27-14-6-8-19(17-27)16-26-22(28)21-10-5-13-25-21/h4,7,9,15,19,21,25H,2-3,5-6,8,10-14,16-17H2,1H3,(H,26,28). The number of amides is 2. The summed E-state index contributed by atoms with van der Waals surface area (Å²) in [6, 6.07) is 8.52. The van der Waals surface area contributed by atoms with Gasteiger partial charge in [0.25, 0.3) is 0 Å². The van der Waals surface area contributed by atoms with Crippen LogP contribution in [0, 0.1) is 12.8 Å². The highest BCUT2D eigenvalue weighted by Crippen LogP contribution is 2.43. The maximum atomic E-state index is 13.8. The molecule has 5 heteroatoms. The minimum atomic E-state index is -0.342. The largest absolute Gasteiger partial charge is 0.354 e. The van der Waals surface area contributed by atoms with Gasteiger partial charge in [0, 0.05) is 19.6 Å². The van der Waals surface area contributed by atoms with Crippen LogP contribution in [-0.4, -0.2) is 48.9 Å². The summed E-state index contributed by atoms with van der Waals surface area (Å²) < 4.78 is 0. The van der Waals surface area contributed by atoms with Crippen molar-refractivity contribution in [1.29, 1.82) is 0 Å². The fourth-order valence-electron chi connectivity index (χ4n) is 5.54. The first kappa shape index (κ1) is 20.4. The molecule has 0 aromatic heterocycles. The van der Waals surface area contributed by atoms with Gasteiger partial charge in [-0.2, -0.15) is 0 Å². The van der Waals surface area contributed by atoms with Crippen LogP contribution in [-0.2, 0) is 15.0 Å². The van der Waals surface area contributed by atoms with Crippen LogP contribution in [0.4, 0.5) is 0 Å². The SMILES string of the molecule is Cc1cccc(C2(C(=O)N3CCCC(CNC(=O)C4CCCN4)C3)CCCC2)c1. The molecule has 5 nitrogen and oxygen atoms in total. The van der Waals surface area contributed by atoms with Crippen molar-refractivity contribution in [1.82, 2.24) is 15.5 Å². The van der Waals surface area contributed by atoms with Crippen molar-refractivity contribution in [3.8, 4) is 0 Å². The van der Waals surface area contributed by atoms with Crippen LogP contribution in [0.25, 0.3) is 0 Å². The summed E-state index contributed by atoms with van der Waals surface area (Å²) in [5.74, 6) is 0.793. The quantitative estimate of drug-likeness (QED) is 0.803. The topological polar surface area (TPSA) is 61.4 Å². The summed E-state index contributed by atoms with van der Waals surface area (Å²) in [7, 11) is 0. The van der Waals surface area contributed by atoms with Gasteiger partial charge in [0.1, 0.15) is 0 Å². The van der Waals surface area contributed by atoms with Crippen molar-refractivity contribution >= 4 is 11.8 Å². The Bertz CT molecular complexity index is 735. The monoisotopic (exact) mass is 397 g/mol. The number of carbonyl (C=O) groups excluding carboxylic acids is 2. The van der Waals surface area contributed by atoms with E-state index in [1.54, 1.807) is 0 Å². The van der Waals surface area contributed by atoms with Gasteiger partial charge in [0.05, 0.1) is 11.5 Å². The maximum absolute atomic E-state index is 13.8. The average molecular weight is 398 g/mol. The molecule has 1 aromatic rings. The molecule has 2 aliphatic heterocycles. The molecule has 1 aromatic carbocycles. The Labute approximate surface area is 174 Å². The Morgan fingerprint density at radius 3 is 2.72 bits per heavy atom. The molecule has 0 spiro atoms. The minimum Gasteiger partial charge on any atom is -0.354 e. The lowest BCUT2D eigenvalue weighted by atomic mass is 9.76. The zero-order valence-electron chi connectivity index (χ0n) is 17.7. The normalized spacial score (nSPS) is 26.4. The first-order valence-corrected chi connectivity index (χ1v) is 11.5. The number of carbonyl (C=O) groups is 2. The predicted octanol–water partition coefficient (Wildman–Crippen LogP) is 2.91. The average Bonchev–Trinajstić information content (AvgIpc) is 3.44. The van der Waals surface area contributed by atoms with Gasteiger partial charge >= 0.3 is 0 Å². The van der Waals surface area contributed by atoms with Crippen molar-refractivity contribution in [2.24, 2.45) is 5.92 Å². The molecule has 0 bridgehead atoms. The third kappa shape index (κ3) is 4.35. The molecular weight excluding hydrogens is 362 g/mol. The number of likely N-dealkylation sites (tertiary alicyclic amines) is 1. The van der Waals surface area contributed by atoms with Gasteiger partial charge in [0.15, 0.2) is 0 Å². The van der Waals surface area contributed by atoms with E-state index in [2.05, 4.69) is 46.7 Å². The van der Waals surface area contributed by atoms with E-state index in [0.717, 1.165) is 71.0 Å². The fraction of sp³-hybridized carbons (Fsp3) is 0.667. The molecular formula is C24H35N3O2. The van der Waals surface area contributed by atoms with Crippen LogP contribution in [0.5, 0.6) is 0 Å². The van der Waals surface area contributed by atoms with Gasteiger partial charge in [0.2, 0.25) is 11.8 Å². The molecule has 158 valence electrons.